The number of halogens is 1. The molecule has 8 nitrogen and oxygen atoms in total. The topological polar surface area (TPSA) is 98.3 Å². The summed E-state index contributed by atoms with van der Waals surface area (Å²) in [5.41, 5.74) is 8.17. The van der Waals surface area contributed by atoms with Crippen LogP contribution in [0.1, 0.15) is 10.4 Å². The number of ether oxygens (including phenoxy) is 1. The molecular weight excluding hydrogens is 380 g/mol. The molecule has 2 heterocycles. The highest BCUT2D eigenvalue weighted by atomic mass is 35.5. The molecule has 0 unspecified atom stereocenters. The lowest BCUT2D eigenvalue weighted by molar-refractivity contribution is 0.0948. The van der Waals surface area contributed by atoms with Gasteiger partial charge in [0.25, 0.3) is 5.91 Å². The summed E-state index contributed by atoms with van der Waals surface area (Å²) in [4.78, 5) is 19.0. The minimum absolute atomic E-state index is 0.00240. The van der Waals surface area contributed by atoms with Crippen molar-refractivity contribution in [3.8, 4) is 0 Å². The van der Waals surface area contributed by atoms with E-state index in [1.165, 1.54) is 0 Å². The second kappa shape index (κ2) is 7.87. The van der Waals surface area contributed by atoms with Crippen molar-refractivity contribution < 1.29 is 9.53 Å². The first kappa shape index (κ1) is 18.3. The largest absolute Gasteiger partial charge is 0.378 e. The quantitative estimate of drug-likeness (QED) is 0.697. The Morgan fingerprint density at radius 1 is 1.14 bits per heavy atom. The number of rotatable bonds is 4. The van der Waals surface area contributed by atoms with E-state index in [1.54, 1.807) is 24.3 Å². The van der Waals surface area contributed by atoms with E-state index in [1.807, 2.05) is 24.3 Å². The molecule has 0 spiro atoms. The Hall–Kier alpha value is -3.10. The zero-order chi connectivity index (χ0) is 19.5. The van der Waals surface area contributed by atoms with Gasteiger partial charge in [-0.1, -0.05) is 17.7 Å². The molecule has 0 aliphatic carbocycles. The Morgan fingerprint density at radius 3 is 2.61 bits per heavy atom. The minimum Gasteiger partial charge on any atom is -0.378 e. The van der Waals surface area contributed by atoms with Crippen LogP contribution in [0.5, 0.6) is 0 Å². The van der Waals surface area contributed by atoms with Gasteiger partial charge in [0.05, 0.1) is 13.2 Å². The third kappa shape index (κ3) is 3.92. The lowest BCUT2D eigenvalue weighted by Crippen LogP contribution is -2.36. The Bertz CT molecular complexity index is 982. The molecule has 1 fully saturated rings. The molecule has 3 N–H and O–H groups in total. The summed E-state index contributed by atoms with van der Waals surface area (Å²) in [6, 6.07) is 14.5. The van der Waals surface area contributed by atoms with E-state index < -0.39 is 5.91 Å². The molecule has 1 aliphatic rings. The third-order valence-corrected chi connectivity index (χ3v) is 4.63. The fraction of sp³-hybridized carbons (Fsp3) is 0.211. The fourth-order valence-electron chi connectivity index (χ4n) is 2.98. The van der Waals surface area contributed by atoms with E-state index >= 15 is 0 Å². The molecule has 0 atom stereocenters. The number of hydrogen-bond donors (Lipinski definition) is 2. The van der Waals surface area contributed by atoms with Crippen molar-refractivity contribution in [2.45, 2.75) is 0 Å². The summed E-state index contributed by atoms with van der Waals surface area (Å²) in [6.07, 6.45) is 0. The van der Waals surface area contributed by atoms with Crippen molar-refractivity contribution in [1.82, 2.24) is 14.8 Å². The minimum atomic E-state index is -0.400. The molecule has 0 saturated carbocycles. The number of hydrogen-bond acceptors (Lipinski definition) is 7. The van der Waals surface area contributed by atoms with E-state index in [4.69, 9.17) is 22.1 Å². The summed E-state index contributed by atoms with van der Waals surface area (Å²) >= 11 is 5.95. The van der Waals surface area contributed by atoms with Crippen LogP contribution in [-0.4, -0.2) is 47.0 Å². The number of morpholine rings is 1. The van der Waals surface area contributed by atoms with Gasteiger partial charge >= 0.3 is 0 Å². The number of benzene rings is 2. The Kier molecular flexibility index (Phi) is 5.14. The molecule has 1 aliphatic heterocycles. The zero-order valence-corrected chi connectivity index (χ0v) is 15.8. The van der Waals surface area contributed by atoms with Crippen molar-refractivity contribution in [1.29, 1.82) is 0 Å². The van der Waals surface area contributed by atoms with Crippen LogP contribution in [0.25, 0.3) is 0 Å². The Morgan fingerprint density at radius 2 is 1.89 bits per heavy atom. The second-order valence-electron chi connectivity index (χ2n) is 6.29. The number of carbonyl (C=O) groups is 1. The second-order valence-corrected chi connectivity index (χ2v) is 6.73. The zero-order valence-electron chi connectivity index (χ0n) is 15.0. The number of nitrogens with zero attached hydrogens (tertiary/aromatic N) is 4. The summed E-state index contributed by atoms with van der Waals surface area (Å²) in [5.74, 6) is -0.160. The number of aromatic nitrogens is 3. The van der Waals surface area contributed by atoms with Gasteiger partial charge in [-0.3, -0.25) is 4.79 Å². The van der Waals surface area contributed by atoms with Crippen LogP contribution in [0.2, 0.25) is 5.02 Å². The van der Waals surface area contributed by atoms with Gasteiger partial charge in [0.1, 0.15) is 0 Å². The molecule has 2 aromatic carbocycles. The van der Waals surface area contributed by atoms with Crippen LogP contribution in [-0.2, 0) is 4.74 Å². The third-order valence-electron chi connectivity index (χ3n) is 4.40. The number of carbonyl (C=O) groups excluding carboxylic acids is 1. The number of anilines is 4. The maximum Gasteiger partial charge on any atom is 0.281 e. The smallest absolute Gasteiger partial charge is 0.281 e. The molecule has 0 bridgehead atoms. The highest BCUT2D eigenvalue weighted by Gasteiger charge is 2.17. The van der Waals surface area contributed by atoms with Gasteiger partial charge in [-0.05, 0) is 42.5 Å². The van der Waals surface area contributed by atoms with Gasteiger partial charge < -0.3 is 20.7 Å². The number of nitrogen functional groups attached to an aromatic ring is 1. The van der Waals surface area contributed by atoms with Crippen molar-refractivity contribution in [3.63, 3.8) is 0 Å². The lowest BCUT2D eigenvalue weighted by Gasteiger charge is -2.28. The van der Waals surface area contributed by atoms with E-state index in [-0.39, 0.29) is 11.9 Å². The van der Waals surface area contributed by atoms with Crippen LogP contribution < -0.4 is 16.0 Å². The summed E-state index contributed by atoms with van der Waals surface area (Å²) in [6.45, 7) is 3.23. The van der Waals surface area contributed by atoms with Crippen molar-refractivity contribution >= 4 is 40.8 Å². The van der Waals surface area contributed by atoms with Crippen molar-refractivity contribution in [3.05, 3.63) is 59.1 Å². The molecule has 0 amide bonds. The van der Waals surface area contributed by atoms with Crippen molar-refractivity contribution in [2.24, 2.45) is 0 Å². The van der Waals surface area contributed by atoms with E-state index in [0.717, 1.165) is 42.4 Å². The van der Waals surface area contributed by atoms with Crippen LogP contribution in [0.4, 0.5) is 23.3 Å². The first-order valence-electron chi connectivity index (χ1n) is 8.83. The van der Waals surface area contributed by atoms with Crippen LogP contribution in [0, 0.1) is 0 Å². The summed E-state index contributed by atoms with van der Waals surface area (Å²) in [7, 11) is 0. The SMILES string of the molecule is Nc1nc(Nc2ccc(N3CCOCC3)cc2)nn1C(=O)c1cccc(Cl)c1. The highest BCUT2D eigenvalue weighted by molar-refractivity contribution is 6.31. The average Bonchev–Trinajstić information content (AvgIpc) is 3.08. The number of nitrogens with two attached hydrogens (primary N) is 1. The first-order chi connectivity index (χ1) is 13.6. The van der Waals surface area contributed by atoms with E-state index in [9.17, 15) is 4.79 Å². The molecule has 1 aromatic heterocycles. The molecule has 9 heteroatoms. The lowest BCUT2D eigenvalue weighted by atomic mass is 10.2. The fourth-order valence-corrected chi connectivity index (χ4v) is 3.17. The maximum absolute atomic E-state index is 12.6. The highest BCUT2D eigenvalue weighted by Crippen LogP contribution is 2.21. The first-order valence-corrected chi connectivity index (χ1v) is 9.20. The number of nitrogens with one attached hydrogen (secondary N) is 1. The molecular formula is C19H19ClN6O2. The van der Waals surface area contributed by atoms with Crippen molar-refractivity contribution in [2.75, 3.05) is 42.3 Å². The van der Waals surface area contributed by atoms with Crippen LogP contribution in [0.3, 0.4) is 0 Å². The molecule has 144 valence electrons. The van der Waals surface area contributed by atoms with Gasteiger partial charge in [-0.2, -0.15) is 9.67 Å². The summed E-state index contributed by atoms with van der Waals surface area (Å²) < 4.78 is 6.43. The summed E-state index contributed by atoms with van der Waals surface area (Å²) in [5, 5.41) is 7.70. The molecule has 1 saturated heterocycles. The standard InChI is InChI=1S/C19H19ClN6O2/c20-14-3-1-2-13(12-14)17(27)26-18(21)23-19(24-26)22-15-4-6-16(7-5-15)25-8-10-28-11-9-25/h1-7,12H,8-11H2,(H3,21,22,23,24). The van der Waals surface area contributed by atoms with Gasteiger partial charge in [-0.15, -0.1) is 5.10 Å². The van der Waals surface area contributed by atoms with Gasteiger partial charge in [0.2, 0.25) is 11.9 Å². The predicted octanol–water partition coefficient (Wildman–Crippen LogP) is 2.78. The van der Waals surface area contributed by atoms with Gasteiger partial charge in [-0.25, -0.2) is 0 Å². The van der Waals surface area contributed by atoms with Gasteiger partial charge in [0.15, 0.2) is 0 Å². The predicted molar refractivity (Wildman–Crippen MR) is 108 cm³/mol. The van der Waals surface area contributed by atoms with Crippen LogP contribution in [0.15, 0.2) is 48.5 Å². The van der Waals surface area contributed by atoms with Crippen LogP contribution >= 0.6 is 11.6 Å². The maximum atomic E-state index is 12.6. The average molecular weight is 399 g/mol. The normalized spacial score (nSPS) is 14.1. The Labute approximate surface area is 166 Å². The van der Waals surface area contributed by atoms with E-state index in [2.05, 4.69) is 20.3 Å². The van der Waals surface area contributed by atoms with Gasteiger partial charge in [0, 0.05) is 35.1 Å². The molecule has 4 rings (SSSR count). The Balaban J connectivity index is 1.48. The van der Waals surface area contributed by atoms with E-state index in [0.29, 0.717) is 10.6 Å². The molecule has 0 radical (unpaired) electrons. The monoisotopic (exact) mass is 398 g/mol. The molecule has 3 aromatic rings. The molecule has 28 heavy (non-hydrogen) atoms.